The smallest absolute Gasteiger partial charge is 0.330 e. The maximum absolute atomic E-state index is 11.0. The number of rotatable bonds is 6. The molecule has 4 nitrogen and oxygen atoms in total. The first-order chi connectivity index (χ1) is 8.13. The Balaban J connectivity index is 2.55. The molecule has 0 aliphatic heterocycles. The molecule has 4 heteroatoms. The first-order valence-electron chi connectivity index (χ1n) is 5.31. The number of nitrogens with zero attached hydrogens (tertiary/aromatic N) is 1. The summed E-state index contributed by atoms with van der Waals surface area (Å²) in [6.07, 6.45) is 0.816. The molecule has 0 bridgehead atoms. The van der Waals surface area contributed by atoms with E-state index in [2.05, 4.69) is 6.58 Å². The molecule has 0 aliphatic carbocycles. The Labute approximate surface area is 101 Å². The highest BCUT2D eigenvalue weighted by Crippen LogP contribution is 2.12. The van der Waals surface area contributed by atoms with Crippen molar-refractivity contribution >= 4 is 5.97 Å². The van der Waals surface area contributed by atoms with Crippen molar-refractivity contribution in [3.8, 4) is 5.75 Å². The summed E-state index contributed by atoms with van der Waals surface area (Å²) < 4.78 is 10.6. The minimum absolute atomic E-state index is 0.159. The highest BCUT2D eigenvalue weighted by Gasteiger charge is 2.14. The van der Waals surface area contributed by atoms with Crippen LogP contribution in [0.5, 0.6) is 5.75 Å². The standard InChI is InChI=1S/C13H17NO3/c1-4-13(15)16-10-12(14(2)3)17-11-8-6-5-7-9-11/h4-9,12H,1,10H2,2-3H3. The third-order valence-electron chi connectivity index (χ3n) is 2.13. The number of carbonyl (C=O) groups excluding carboxylic acids is 1. The number of esters is 1. The predicted molar refractivity (Wildman–Crippen MR) is 65.7 cm³/mol. The molecule has 0 aromatic heterocycles. The summed E-state index contributed by atoms with van der Waals surface area (Å²) in [6.45, 7) is 3.50. The molecular formula is C13H17NO3. The monoisotopic (exact) mass is 235 g/mol. The molecule has 0 spiro atoms. The van der Waals surface area contributed by atoms with Crippen molar-refractivity contribution in [2.75, 3.05) is 20.7 Å². The Bertz CT molecular complexity index is 362. The average Bonchev–Trinajstić information content (AvgIpc) is 2.34. The summed E-state index contributed by atoms with van der Waals surface area (Å²) in [4.78, 5) is 12.8. The lowest BCUT2D eigenvalue weighted by molar-refractivity contribution is -0.142. The Kier molecular flexibility index (Phi) is 5.23. The third kappa shape index (κ3) is 4.70. The molecule has 17 heavy (non-hydrogen) atoms. The van der Waals surface area contributed by atoms with E-state index in [1.165, 1.54) is 0 Å². The van der Waals surface area contributed by atoms with Gasteiger partial charge in [0.25, 0.3) is 0 Å². The van der Waals surface area contributed by atoms with Crippen LogP contribution in [0, 0.1) is 0 Å². The molecule has 0 saturated heterocycles. The van der Waals surface area contributed by atoms with E-state index in [1.54, 1.807) is 0 Å². The lowest BCUT2D eigenvalue weighted by atomic mass is 10.3. The fourth-order valence-electron chi connectivity index (χ4n) is 1.16. The van der Waals surface area contributed by atoms with Crippen molar-refractivity contribution in [2.24, 2.45) is 0 Å². The van der Waals surface area contributed by atoms with E-state index >= 15 is 0 Å². The molecule has 92 valence electrons. The molecule has 0 N–H and O–H groups in total. The molecule has 0 saturated carbocycles. The normalized spacial score (nSPS) is 11.9. The van der Waals surface area contributed by atoms with E-state index in [9.17, 15) is 4.79 Å². The van der Waals surface area contributed by atoms with Crippen molar-refractivity contribution in [1.29, 1.82) is 0 Å². The Morgan fingerprint density at radius 3 is 2.59 bits per heavy atom. The van der Waals surface area contributed by atoms with Gasteiger partial charge in [-0.25, -0.2) is 4.79 Å². The van der Waals surface area contributed by atoms with E-state index in [0.717, 1.165) is 11.8 Å². The zero-order valence-corrected chi connectivity index (χ0v) is 10.1. The van der Waals surface area contributed by atoms with Gasteiger partial charge in [-0.2, -0.15) is 0 Å². The van der Waals surface area contributed by atoms with Gasteiger partial charge in [-0.15, -0.1) is 0 Å². The van der Waals surface area contributed by atoms with Crippen LogP contribution in [-0.2, 0) is 9.53 Å². The van der Waals surface area contributed by atoms with E-state index in [-0.39, 0.29) is 12.8 Å². The van der Waals surface area contributed by atoms with Crippen molar-refractivity contribution in [3.05, 3.63) is 43.0 Å². The molecule has 0 fully saturated rings. The van der Waals surface area contributed by atoms with Crippen LogP contribution >= 0.6 is 0 Å². The van der Waals surface area contributed by atoms with Crippen molar-refractivity contribution in [1.82, 2.24) is 4.90 Å². The van der Waals surface area contributed by atoms with E-state index < -0.39 is 5.97 Å². The Morgan fingerprint density at radius 1 is 1.41 bits per heavy atom. The molecule has 0 aliphatic rings. The average molecular weight is 235 g/mol. The van der Waals surface area contributed by atoms with Crippen molar-refractivity contribution in [2.45, 2.75) is 6.23 Å². The number of hydrogen-bond acceptors (Lipinski definition) is 4. The van der Waals surface area contributed by atoms with Gasteiger partial charge in [-0.1, -0.05) is 24.8 Å². The zero-order chi connectivity index (χ0) is 12.7. The number of para-hydroxylation sites is 1. The highest BCUT2D eigenvalue weighted by atomic mass is 16.6. The molecule has 1 unspecified atom stereocenters. The van der Waals surface area contributed by atoms with Crippen LogP contribution in [-0.4, -0.2) is 37.8 Å². The topological polar surface area (TPSA) is 38.8 Å². The van der Waals surface area contributed by atoms with Gasteiger partial charge in [0.1, 0.15) is 12.4 Å². The maximum atomic E-state index is 11.0. The fraction of sp³-hybridized carbons (Fsp3) is 0.308. The molecule has 1 rings (SSSR count). The number of carbonyl (C=O) groups is 1. The van der Waals surface area contributed by atoms with Gasteiger partial charge in [0, 0.05) is 6.08 Å². The highest BCUT2D eigenvalue weighted by molar-refractivity contribution is 5.81. The Hall–Kier alpha value is -1.81. The largest absolute Gasteiger partial charge is 0.471 e. The van der Waals surface area contributed by atoms with Gasteiger partial charge in [0.15, 0.2) is 6.23 Å². The second-order valence-corrected chi connectivity index (χ2v) is 3.68. The minimum atomic E-state index is -0.450. The van der Waals surface area contributed by atoms with Gasteiger partial charge in [0.2, 0.25) is 0 Å². The van der Waals surface area contributed by atoms with E-state index in [1.807, 2.05) is 49.3 Å². The molecule has 1 atom stereocenters. The number of ether oxygens (including phenoxy) is 2. The molecule has 0 heterocycles. The summed E-state index contributed by atoms with van der Waals surface area (Å²) in [6, 6.07) is 9.39. The molecule has 1 aromatic rings. The lowest BCUT2D eigenvalue weighted by Crippen LogP contribution is -2.38. The van der Waals surface area contributed by atoms with Crippen LogP contribution in [0.25, 0.3) is 0 Å². The van der Waals surface area contributed by atoms with Crippen LogP contribution in [0.15, 0.2) is 43.0 Å². The SMILES string of the molecule is C=CC(=O)OCC(Oc1ccccc1)N(C)C. The summed E-state index contributed by atoms with van der Waals surface area (Å²) in [5.41, 5.74) is 0. The third-order valence-corrected chi connectivity index (χ3v) is 2.13. The van der Waals surface area contributed by atoms with Crippen LogP contribution < -0.4 is 4.74 Å². The van der Waals surface area contributed by atoms with Gasteiger partial charge in [-0.3, -0.25) is 4.90 Å². The van der Waals surface area contributed by atoms with E-state index in [0.29, 0.717) is 0 Å². The van der Waals surface area contributed by atoms with Gasteiger partial charge < -0.3 is 9.47 Å². The quantitative estimate of drug-likeness (QED) is 0.427. The van der Waals surface area contributed by atoms with Crippen molar-refractivity contribution < 1.29 is 14.3 Å². The fourth-order valence-corrected chi connectivity index (χ4v) is 1.16. The van der Waals surface area contributed by atoms with Gasteiger partial charge >= 0.3 is 5.97 Å². The van der Waals surface area contributed by atoms with Gasteiger partial charge in [0.05, 0.1) is 0 Å². The maximum Gasteiger partial charge on any atom is 0.330 e. The molecular weight excluding hydrogens is 218 g/mol. The first kappa shape index (κ1) is 13.3. The second-order valence-electron chi connectivity index (χ2n) is 3.68. The molecule has 1 aromatic carbocycles. The van der Waals surface area contributed by atoms with Crippen LogP contribution in [0.4, 0.5) is 0 Å². The van der Waals surface area contributed by atoms with Crippen LogP contribution in [0.2, 0.25) is 0 Å². The van der Waals surface area contributed by atoms with Crippen LogP contribution in [0.1, 0.15) is 0 Å². The van der Waals surface area contributed by atoms with Crippen molar-refractivity contribution in [3.63, 3.8) is 0 Å². The number of hydrogen-bond donors (Lipinski definition) is 0. The minimum Gasteiger partial charge on any atom is -0.471 e. The summed E-state index contributed by atoms with van der Waals surface area (Å²) in [5.74, 6) is 0.286. The zero-order valence-electron chi connectivity index (χ0n) is 10.1. The second kappa shape index (κ2) is 6.70. The lowest BCUT2D eigenvalue weighted by Gasteiger charge is -2.24. The van der Waals surface area contributed by atoms with E-state index in [4.69, 9.17) is 9.47 Å². The molecule has 0 radical (unpaired) electrons. The van der Waals surface area contributed by atoms with Gasteiger partial charge in [-0.05, 0) is 26.2 Å². The predicted octanol–water partition coefficient (Wildman–Crippen LogP) is 1.68. The first-order valence-corrected chi connectivity index (χ1v) is 5.31. The summed E-state index contributed by atoms with van der Waals surface area (Å²) >= 11 is 0. The van der Waals surface area contributed by atoms with Crippen LogP contribution in [0.3, 0.4) is 0 Å². The molecule has 0 amide bonds. The summed E-state index contributed by atoms with van der Waals surface area (Å²) in [7, 11) is 3.71. The Morgan fingerprint density at radius 2 is 2.06 bits per heavy atom. The number of benzene rings is 1. The number of likely N-dealkylation sites (N-methyl/N-ethyl adjacent to an activating group) is 1. The summed E-state index contributed by atoms with van der Waals surface area (Å²) in [5, 5.41) is 0.